The summed E-state index contributed by atoms with van der Waals surface area (Å²) in [6, 6.07) is 9.90. The van der Waals surface area contributed by atoms with Gasteiger partial charge in [0.15, 0.2) is 0 Å². The standard InChI is InChI=1S/C17H19N3O2S2/c1-3-14-10-15-16(18-11-19-17(15)23-14)20-13-6-4-12(5-7-13)8-9-24(2,21)22/h4-7,10-11H,3,8-9H2,1-2H3,(H,18,19,20). The Labute approximate surface area is 145 Å². The summed E-state index contributed by atoms with van der Waals surface area (Å²) in [6.07, 6.45) is 4.34. The molecule has 0 aliphatic rings. The van der Waals surface area contributed by atoms with Gasteiger partial charge in [-0.05, 0) is 36.6 Å². The summed E-state index contributed by atoms with van der Waals surface area (Å²) in [6.45, 7) is 2.13. The van der Waals surface area contributed by atoms with Gasteiger partial charge in [-0.2, -0.15) is 0 Å². The van der Waals surface area contributed by atoms with Crippen LogP contribution < -0.4 is 5.32 Å². The van der Waals surface area contributed by atoms with Gasteiger partial charge in [0.1, 0.15) is 26.8 Å². The van der Waals surface area contributed by atoms with Crippen LogP contribution in [0.2, 0.25) is 0 Å². The number of fused-ring (bicyclic) bond motifs is 1. The van der Waals surface area contributed by atoms with Gasteiger partial charge in [0.2, 0.25) is 0 Å². The zero-order chi connectivity index (χ0) is 17.2. The predicted molar refractivity (Wildman–Crippen MR) is 99.9 cm³/mol. The van der Waals surface area contributed by atoms with E-state index in [0.29, 0.717) is 6.42 Å². The lowest BCUT2D eigenvalue weighted by Crippen LogP contribution is -2.05. The molecule has 5 nitrogen and oxygen atoms in total. The Balaban J connectivity index is 1.78. The highest BCUT2D eigenvalue weighted by molar-refractivity contribution is 7.90. The van der Waals surface area contributed by atoms with Gasteiger partial charge in [-0.1, -0.05) is 19.1 Å². The maximum absolute atomic E-state index is 11.2. The van der Waals surface area contributed by atoms with Gasteiger partial charge in [-0.25, -0.2) is 18.4 Å². The Morgan fingerprint density at radius 1 is 1.17 bits per heavy atom. The van der Waals surface area contributed by atoms with Crippen molar-refractivity contribution < 1.29 is 8.42 Å². The number of aromatic nitrogens is 2. The fourth-order valence-electron chi connectivity index (χ4n) is 2.37. The highest BCUT2D eigenvalue weighted by Gasteiger charge is 2.08. The van der Waals surface area contributed by atoms with E-state index in [0.717, 1.165) is 33.7 Å². The summed E-state index contributed by atoms with van der Waals surface area (Å²) < 4.78 is 22.5. The fraction of sp³-hybridized carbons (Fsp3) is 0.294. The molecule has 0 aliphatic carbocycles. The quantitative estimate of drug-likeness (QED) is 0.726. The van der Waals surface area contributed by atoms with Crippen molar-refractivity contribution in [3.8, 4) is 0 Å². The largest absolute Gasteiger partial charge is 0.340 e. The molecule has 2 heterocycles. The first-order chi connectivity index (χ1) is 11.4. The Hall–Kier alpha value is -1.99. The number of nitrogens with one attached hydrogen (secondary N) is 1. The van der Waals surface area contributed by atoms with Gasteiger partial charge in [-0.3, -0.25) is 0 Å². The molecule has 0 atom stereocenters. The van der Waals surface area contributed by atoms with Crippen LogP contribution in [0.3, 0.4) is 0 Å². The van der Waals surface area contributed by atoms with E-state index >= 15 is 0 Å². The fourth-order valence-corrected chi connectivity index (χ4v) is 3.92. The van der Waals surface area contributed by atoms with Crippen molar-refractivity contribution in [1.82, 2.24) is 9.97 Å². The summed E-state index contributed by atoms with van der Waals surface area (Å²) in [5, 5.41) is 4.35. The number of sulfone groups is 1. The van der Waals surface area contributed by atoms with Crippen molar-refractivity contribution in [1.29, 1.82) is 0 Å². The lowest BCUT2D eigenvalue weighted by Gasteiger charge is -2.07. The minimum absolute atomic E-state index is 0.168. The van der Waals surface area contributed by atoms with Crippen LogP contribution >= 0.6 is 11.3 Å². The van der Waals surface area contributed by atoms with E-state index in [9.17, 15) is 8.42 Å². The number of aryl methyl sites for hydroxylation is 2. The first kappa shape index (κ1) is 16.9. The third-order valence-electron chi connectivity index (χ3n) is 3.71. The molecule has 24 heavy (non-hydrogen) atoms. The number of rotatable bonds is 6. The van der Waals surface area contributed by atoms with Crippen LogP contribution in [0.15, 0.2) is 36.7 Å². The second-order valence-electron chi connectivity index (χ2n) is 5.71. The monoisotopic (exact) mass is 361 g/mol. The zero-order valence-corrected chi connectivity index (χ0v) is 15.2. The van der Waals surface area contributed by atoms with Gasteiger partial charge < -0.3 is 5.32 Å². The number of thiophene rings is 1. The summed E-state index contributed by atoms with van der Waals surface area (Å²) in [5.74, 6) is 0.959. The second kappa shape index (κ2) is 6.86. The molecule has 0 spiro atoms. The maximum atomic E-state index is 11.2. The molecule has 0 fully saturated rings. The molecule has 3 aromatic rings. The summed E-state index contributed by atoms with van der Waals surface area (Å²) >= 11 is 1.69. The Morgan fingerprint density at radius 3 is 2.58 bits per heavy atom. The summed E-state index contributed by atoms with van der Waals surface area (Å²) in [5.41, 5.74) is 1.92. The third-order valence-corrected chi connectivity index (χ3v) is 5.84. The van der Waals surface area contributed by atoms with Gasteiger partial charge >= 0.3 is 0 Å². The van der Waals surface area contributed by atoms with Crippen LogP contribution in [0.25, 0.3) is 10.2 Å². The lowest BCUT2D eigenvalue weighted by molar-refractivity contribution is 0.601. The molecular weight excluding hydrogens is 342 g/mol. The number of benzene rings is 1. The van der Waals surface area contributed by atoms with E-state index in [1.807, 2.05) is 24.3 Å². The number of anilines is 2. The molecule has 3 rings (SSSR count). The molecule has 1 N–H and O–H groups in total. The van der Waals surface area contributed by atoms with E-state index in [1.54, 1.807) is 17.7 Å². The van der Waals surface area contributed by atoms with Crippen molar-refractivity contribution in [3.05, 3.63) is 47.1 Å². The molecule has 0 unspecified atom stereocenters. The normalized spacial score (nSPS) is 11.8. The minimum atomic E-state index is -2.94. The first-order valence-corrected chi connectivity index (χ1v) is 10.6. The van der Waals surface area contributed by atoms with Crippen molar-refractivity contribution in [3.63, 3.8) is 0 Å². The summed E-state index contributed by atoms with van der Waals surface area (Å²) in [4.78, 5) is 10.9. The molecule has 0 amide bonds. The van der Waals surface area contributed by atoms with E-state index in [-0.39, 0.29) is 5.75 Å². The maximum Gasteiger partial charge on any atom is 0.147 e. The van der Waals surface area contributed by atoms with Gasteiger partial charge in [0.05, 0.1) is 11.1 Å². The summed E-state index contributed by atoms with van der Waals surface area (Å²) in [7, 11) is -2.94. The SMILES string of the molecule is CCc1cc2c(Nc3ccc(CCS(C)(=O)=O)cc3)ncnc2s1. The van der Waals surface area contributed by atoms with Crippen LogP contribution in [0.5, 0.6) is 0 Å². The third kappa shape index (κ3) is 4.10. The average Bonchev–Trinajstić information content (AvgIpc) is 2.98. The minimum Gasteiger partial charge on any atom is -0.340 e. The van der Waals surface area contributed by atoms with Crippen molar-refractivity contribution in [2.45, 2.75) is 19.8 Å². The predicted octanol–water partition coefficient (Wildman–Crippen LogP) is 3.58. The Kier molecular flexibility index (Phi) is 4.82. The number of hydrogen-bond acceptors (Lipinski definition) is 6. The van der Waals surface area contributed by atoms with Gasteiger partial charge in [0, 0.05) is 16.8 Å². The van der Waals surface area contributed by atoms with Crippen LogP contribution in [0.4, 0.5) is 11.5 Å². The topological polar surface area (TPSA) is 72.0 Å². The van der Waals surface area contributed by atoms with Crippen LogP contribution in [0, 0.1) is 0 Å². The smallest absolute Gasteiger partial charge is 0.147 e. The Bertz CT molecular complexity index is 948. The average molecular weight is 361 g/mol. The molecule has 0 bridgehead atoms. The molecule has 126 valence electrons. The van der Waals surface area contributed by atoms with Crippen molar-refractivity contribution in [2.24, 2.45) is 0 Å². The van der Waals surface area contributed by atoms with Crippen molar-refractivity contribution >= 4 is 42.9 Å². The molecule has 1 aromatic carbocycles. The van der Waals surface area contributed by atoms with Crippen LogP contribution in [-0.4, -0.2) is 30.4 Å². The van der Waals surface area contributed by atoms with Crippen LogP contribution in [-0.2, 0) is 22.7 Å². The molecule has 0 radical (unpaired) electrons. The van der Waals surface area contributed by atoms with Crippen LogP contribution in [0.1, 0.15) is 17.4 Å². The van der Waals surface area contributed by atoms with Gasteiger partial charge in [-0.15, -0.1) is 11.3 Å². The van der Waals surface area contributed by atoms with E-state index in [1.165, 1.54) is 11.1 Å². The van der Waals surface area contributed by atoms with E-state index in [4.69, 9.17) is 0 Å². The van der Waals surface area contributed by atoms with Gasteiger partial charge in [0.25, 0.3) is 0 Å². The van der Waals surface area contributed by atoms with E-state index < -0.39 is 9.84 Å². The Morgan fingerprint density at radius 2 is 1.92 bits per heavy atom. The molecule has 2 aromatic heterocycles. The molecule has 0 aliphatic heterocycles. The van der Waals surface area contributed by atoms with Crippen molar-refractivity contribution in [2.75, 3.05) is 17.3 Å². The lowest BCUT2D eigenvalue weighted by atomic mass is 10.1. The molecule has 0 saturated heterocycles. The first-order valence-electron chi connectivity index (χ1n) is 7.72. The highest BCUT2D eigenvalue weighted by atomic mass is 32.2. The zero-order valence-electron chi connectivity index (χ0n) is 13.6. The van der Waals surface area contributed by atoms with E-state index in [2.05, 4.69) is 28.3 Å². The number of hydrogen-bond donors (Lipinski definition) is 1. The molecule has 0 saturated carbocycles. The second-order valence-corrected chi connectivity index (χ2v) is 9.08. The molecular formula is C17H19N3O2S2. The highest BCUT2D eigenvalue weighted by Crippen LogP contribution is 2.30. The number of nitrogens with zero attached hydrogens (tertiary/aromatic N) is 2. The molecule has 7 heteroatoms.